The number of allylic oxidation sites excluding steroid dienone is 1. The van der Waals surface area contributed by atoms with Gasteiger partial charge >= 0.3 is 0 Å². The molecule has 37 heavy (non-hydrogen) atoms. The Morgan fingerprint density at radius 1 is 1.14 bits per heavy atom. The third-order valence-electron chi connectivity index (χ3n) is 5.80. The van der Waals surface area contributed by atoms with E-state index in [1.807, 2.05) is 44.2 Å². The van der Waals surface area contributed by atoms with Crippen LogP contribution in [0.4, 0.5) is 15.9 Å². The van der Waals surface area contributed by atoms with Crippen LogP contribution in [0, 0.1) is 11.2 Å². The largest absolute Gasteiger partial charge is 0.382 e. The zero-order valence-electron chi connectivity index (χ0n) is 20.3. The SMILES string of the molecule is CC(C)(C(=O)Nc1cnc(C(=N)/C=C(\NCc2ccccc2F)c2ccon2)nc1N)c1ccccc1. The highest BCUT2D eigenvalue weighted by molar-refractivity contribution is 6.08. The van der Waals surface area contributed by atoms with Crippen LogP contribution in [0.15, 0.2) is 83.7 Å². The number of aromatic nitrogens is 3. The Morgan fingerprint density at radius 2 is 1.86 bits per heavy atom. The van der Waals surface area contributed by atoms with Gasteiger partial charge in [-0.05, 0) is 31.6 Å². The summed E-state index contributed by atoms with van der Waals surface area (Å²) >= 11 is 0. The summed E-state index contributed by atoms with van der Waals surface area (Å²) in [6, 6.07) is 17.4. The molecule has 0 fully saturated rings. The maximum Gasteiger partial charge on any atom is 0.234 e. The van der Waals surface area contributed by atoms with E-state index in [1.54, 1.807) is 24.3 Å². The quantitative estimate of drug-likeness (QED) is 0.251. The van der Waals surface area contributed by atoms with Crippen molar-refractivity contribution in [3.8, 4) is 0 Å². The normalized spacial score (nSPS) is 11.7. The smallest absolute Gasteiger partial charge is 0.234 e. The van der Waals surface area contributed by atoms with Gasteiger partial charge in [-0.3, -0.25) is 10.2 Å². The third kappa shape index (κ3) is 5.87. The number of hydrogen-bond acceptors (Lipinski definition) is 8. The van der Waals surface area contributed by atoms with Crippen LogP contribution in [0.1, 0.15) is 36.5 Å². The Morgan fingerprint density at radius 3 is 2.54 bits per heavy atom. The van der Waals surface area contributed by atoms with E-state index in [0.717, 1.165) is 5.56 Å². The van der Waals surface area contributed by atoms with Gasteiger partial charge in [-0.25, -0.2) is 14.4 Å². The summed E-state index contributed by atoms with van der Waals surface area (Å²) in [5.74, 6) is -0.578. The van der Waals surface area contributed by atoms with Crippen LogP contribution in [-0.2, 0) is 16.8 Å². The number of carbonyl (C=O) groups excluding carboxylic acids is 1. The first kappa shape index (κ1) is 25.2. The molecule has 0 aliphatic carbocycles. The molecule has 188 valence electrons. The van der Waals surface area contributed by atoms with Crippen LogP contribution < -0.4 is 16.4 Å². The van der Waals surface area contributed by atoms with Crippen molar-refractivity contribution in [2.45, 2.75) is 25.8 Å². The third-order valence-corrected chi connectivity index (χ3v) is 5.80. The summed E-state index contributed by atoms with van der Waals surface area (Å²) in [5, 5.41) is 18.2. The van der Waals surface area contributed by atoms with E-state index in [0.29, 0.717) is 17.0 Å². The number of nitrogens with zero attached hydrogens (tertiary/aromatic N) is 3. The van der Waals surface area contributed by atoms with Crippen molar-refractivity contribution >= 4 is 28.8 Å². The van der Waals surface area contributed by atoms with Gasteiger partial charge in [0.2, 0.25) is 5.91 Å². The standard InChI is InChI=1S/C27H26FN7O2/c1-27(2,18-9-4-3-5-10-18)26(36)33-23-16-32-25(34-24(23)30)20(29)14-22(21-12-13-37-35-21)31-15-17-8-6-7-11-19(17)28/h3-14,16,29,31H,15H2,1-2H3,(H,33,36)(H2,30,32,34)/b22-14-,29-20?. The second-order valence-corrected chi connectivity index (χ2v) is 8.74. The van der Waals surface area contributed by atoms with Gasteiger partial charge in [-0.2, -0.15) is 0 Å². The molecule has 0 bridgehead atoms. The van der Waals surface area contributed by atoms with Crippen LogP contribution in [0.25, 0.3) is 5.70 Å². The van der Waals surface area contributed by atoms with E-state index < -0.39 is 5.41 Å². The maximum atomic E-state index is 14.1. The minimum atomic E-state index is -0.821. The lowest BCUT2D eigenvalue weighted by Crippen LogP contribution is -2.35. The van der Waals surface area contributed by atoms with Gasteiger partial charge < -0.3 is 20.9 Å². The first-order chi connectivity index (χ1) is 17.8. The van der Waals surface area contributed by atoms with Gasteiger partial charge in [0, 0.05) is 18.2 Å². The molecule has 0 saturated heterocycles. The molecule has 2 aromatic carbocycles. The fourth-order valence-electron chi connectivity index (χ4n) is 3.49. The van der Waals surface area contributed by atoms with Gasteiger partial charge in [0.1, 0.15) is 29.2 Å². The predicted octanol–water partition coefficient (Wildman–Crippen LogP) is 4.30. The molecule has 2 aromatic heterocycles. The fraction of sp³-hybridized carbons (Fsp3) is 0.148. The number of benzene rings is 2. The lowest BCUT2D eigenvalue weighted by molar-refractivity contribution is -0.120. The first-order valence-corrected chi connectivity index (χ1v) is 11.4. The minimum Gasteiger partial charge on any atom is -0.382 e. The average Bonchev–Trinajstić information content (AvgIpc) is 3.44. The first-order valence-electron chi connectivity index (χ1n) is 11.4. The van der Waals surface area contributed by atoms with E-state index in [9.17, 15) is 9.18 Å². The van der Waals surface area contributed by atoms with Crippen molar-refractivity contribution in [1.29, 1.82) is 5.41 Å². The van der Waals surface area contributed by atoms with E-state index in [2.05, 4.69) is 25.8 Å². The van der Waals surface area contributed by atoms with Crippen molar-refractivity contribution in [3.63, 3.8) is 0 Å². The minimum absolute atomic E-state index is 0.0164. The number of nitrogens with one attached hydrogen (secondary N) is 3. The molecule has 0 unspecified atom stereocenters. The highest BCUT2D eigenvalue weighted by Gasteiger charge is 2.30. The topological polar surface area (TPSA) is 143 Å². The molecule has 1 amide bonds. The molecule has 0 atom stereocenters. The van der Waals surface area contributed by atoms with Crippen molar-refractivity contribution in [2.24, 2.45) is 0 Å². The van der Waals surface area contributed by atoms with Crippen LogP contribution in [0.2, 0.25) is 0 Å². The van der Waals surface area contributed by atoms with Crippen molar-refractivity contribution in [2.75, 3.05) is 11.1 Å². The second-order valence-electron chi connectivity index (χ2n) is 8.74. The van der Waals surface area contributed by atoms with E-state index in [-0.39, 0.29) is 41.3 Å². The van der Waals surface area contributed by atoms with Gasteiger partial charge in [0.25, 0.3) is 0 Å². The Hall–Kier alpha value is -4.86. The molecule has 4 rings (SSSR count). The number of nitrogen functional groups attached to an aromatic ring is 1. The monoisotopic (exact) mass is 499 g/mol. The number of amides is 1. The molecular weight excluding hydrogens is 473 g/mol. The maximum absolute atomic E-state index is 14.1. The van der Waals surface area contributed by atoms with Crippen LogP contribution >= 0.6 is 0 Å². The van der Waals surface area contributed by atoms with Crippen LogP contribution in [-0.4, -0.2) is 26.7 Å². The zero-order valence-corrected chi connectivity index (χ0v) is 20.3. The summed E-state index contributed by atoms with van der Waals surface area (Å²) in [4.78, 5) is 21.4. The number of anilines is 2. The van der Waals surface area contributed by atoms with Crippen LogP contribution in [0.5, 0.6) is 0 Å². The number of halogens is 1. The average molecular weight is 500 g/mol. The number of rotatable bonds is 9. The zero-order chi connectivity index (χ0) is 26.4. The molecule has 0 radical (unpaired) electrons. The van der Waals surface area contributed by atoms with Gasteiger partial charge in [-0.1, -0.05) is 53.7 Å². The summed E-state index contributed by atoms with van der Waals surface area (Å²) in [7, 11) is 0. The molecular formula is C27H26FN7O2. The summed E-state index contributed by atoms with van der Waals surface area (Å²) in [6.45, 7) is 3.77. The molecule has 9 nitrogen and oxygen atoms in total. The van der Waals surface area contributed by atoms with Crippen molar-refractivity contribution in [3.05, 3.63) is 108 Å². The van der Waals surface area contributed by atoms with E-state index in [1.165, 1.54) is 24.6 Å². The van der Waals surface area contributed by atoms with Crippen molar-refractivity contribution < 1.29 is 13.7 Å². The number of carbonyl (C=O) groups is 1. The van der Waals surface area contributed by atoms with Gasteiger partial charge in [-0.15, -0.1) is 0 Å². The fourth-order valence-corrected chi connectivity index (χ4v) is 3.49. The highest BCUT2D eigenvalue weighted by atomic mass is 19.1. The molecule has 4 aromatic rings. The number of hydrogen-bond donors (Lipinski definition) is 4. The highest BCUT2D eigenvalue weighted by Crippen LogP contribution is 2.26. The molecule has 0 aliphatic heterocycles. The van der Waals surface area contributed by atoms with E-state index >= 15 is 0 Å². The molecule has 0 aliphatic rings. The Balaban J connectivity index is 1.52. The predicted molar refractivity (Wildman–Crippen MR) is 139 cm³/mol. The molecule has 5 N–H and O–H groups in total. The Kier molecular flexibility index (Phi) is 7.38. The summed E-state index contributed by atoms with van der Waals surface area (Å²) in [5.41, 5.74) is 7.56. The van der Waals surface area contributed by atoms with Crippen molar-refractivity contribution in [1.82, 2.24) is 20.4 Å². The Bertz CT molecular complexity index is 1430. The van der Waals surface area contributed by atoms with E-state index in [4.69, 9.17) is 15.7 Å². The lowest BCUT2D eigenvalue weighted by atomic mass is 9.84. The molecule has 10 heteroatoms. The van der Waals surface area contributed by atoms with Crippen LogP contribution in [0.3, 0.4) is 0 Å². The van der Waals surface area contributed by atoms with Gasteiger partial charge in [0.15, 0.2) is 11.6 Å². The lowest BCUT2D eigenvalue weighted by Gasteiger charge is -2.24. The second kappa shape index (κ2) is 10.8. The number of nitrogens with two attached hydrogens (primary N) is 1. The van der Waals surface area contributed by atoms with Gasteiger partial charge in [0.05, 0.1) is 17.3 Å². The summed E-state index contributed by atoms with van der Waals surface area (Å²) < 4.78 is 19.0. The molecule has 2 heterocycles. The molecule has 0 spiro atoms. The molecule has 0 saturated carbocycles. The summed E-state index contributed by atoms with van der Waals surface area (Å²) in [6.07, 6.45) is 4.20. The Labute approximate surface area is 213 Å².